The Kier molecular flexibility index (Phi) is 7.19. The van der Waals surface area contributed by atoms with Crippen molar-refractivity contribution in [3.8, 4) is 6.07 Å². The highest BCUT2D eigenvalue weighted by molar-refractivity contribution is 5.96. The van der Waals surface area contributed by atoms with E-state index in [1.165, 1.54) is 5.56 Å². The second-order valence-electron chi connectivity index (χ2n) is 8.74. The first-order valence-electron chi connectivity index (χ1n) is 11.4. The summed E-state index contributed by atoms with van der Waals surface area (Å²) in [6.45, 7) is 8.32. The Balaban J connectivity index is 1.46. The molecule has 168 valence electrons. The average Bonchev–Trinajstić information content (AvgIpc) is 2.84. The van der Waals surface area contributed by atoms with Crippen LogP contribution < -0.4 is 5.32 Å². The van der Waals surface area contributed by atoms with E-state index in [2.05, 4.69) is 27.3 Å². The van der Waals surface area contributed by atoms with Crippen LogP contribution in [0.15, 0.2) is 72.8 Å². The topological polar surface area (TPSA) is 59.4 Å². The molecule has 1 saturated heterocycles. The maximum atomic E-state index is 13.5. The van der Waals surface area contributed by atoms with Gasteiger partial charge >= 0.3 is 0 Å². The molecule has 5 nitrogen and oxygen atoms in total. The van der Waals surface area contributed by atoms with Crippen LogP contribution in [0, 0.1) is 25.2 Å². The molecule has 0 saturated carbocycles. The molecule has 33 heavy (non-hydrogen) atoms. The van der Waals surface area contributed by atoms with E-state index in [1.54, 1.807) is 0 Å². The molecule has 0 bridgehead atoms. The summed E-state index contributed by atoms with van der Waals surface area (Å²) < 4.78 is 0. The van der Waals surface area contributed by atoms with E-state index in [9.17, 15) is 4.79 Å². The highest BCUT2D eigenvalue weighted by Crippen LogP contribution is 2.26. The Morgan fingerprint density at radius 1 is 0.970 bits per heavy atom. The summed E-state index contributed by atoms with van der Waals surface area (Å²) in [4.78, 5) is 18.2. The van der Waals surface area contributed by atoms with Crippen molar-refractivity contribution in [3.63, 3.8) is 0 Å². The lowest BCUT2D eigenvalue weighted by atomic mass is 10.0. The molecule has 1 heterocycles. The van der Waals surface area contributed by atoms with Crippen LogP contribution in [0.3, 0.4) is 0 Å². The fraction of sp³-hybridized carbons (Fsp3) is 0.286. The first-order chi connectivity index (χ1) is 16.0. The van der Waals surface area contributed by atoms with Crippen molar-refractivity contribution in [3.05, 3.63) is 101 Å². The predicted molar refractivity (Wildman–Crippen MR) is 132 cm³/mol. The molecule has 0 spiro atoms. The zero-order valence-electron chi connectivity index (χ0n) is 19.3. The lowest BCUT2D eigenvalue weighted by molar-refractivity contribution is -0.122. The molecule has 1 unspecified atom stereocenters. The number of nitrogens with zero attached hydrogens (tertiary/aromatic N) is 3. The van der Waals surface area contributed by atoms with Crippen molar-refractivity contribution >= 4 is 11.6 Å². The Hall–Kier alpha value is -3.46. The van der Waals surface area contributed by atoms with Crippen molar-refractivity contribution < 1.29 is 4.79 Å². The summed E-state index contributed by atoms with van der Waals surface area (Å²) in [5.74, 6) is 0.00967. The fourth-order valence-electron chi connectivity index (χ4n) is 4.36. The summed E-state index contributed by atoms with van der Waals surface area (Å²) in [5, 5.41) is 12.2. The third-order valence-corrected chi connectivity index (χ3v) is 6.28. The van der Waals surface area contributed by atoms with Crippen molar-refractivity contribution in [1.29, 1.82) is 5.26 Å². The monoisotopic (exact) mass is 438 g/mol. The molecular weight excluding hydrogens is 408 g/mol. The minimum atomic E-state index is -0.330. The van der Waals surface area contributed by atoms with E-state index < -0.39 is 0 Å². The van der Waals surface area contributed by atoms with Crippen LogP contribution >= 0.6 is 0 Å². The number of carbonyl (C=O) groups is 1. The number of piperazine rings is 1. The lowest BCUT2D eigenvalue weighted by Gasteiger charge is -2.39. The van der Waals surface area contributed by atoms with E-state index in [4.69, 9.17) is 5.26 Å². The number of hydrogen-bond acceptors (Lipinski definition) is 4. The van der Waals surface area contributed by atoms with E-state index in [0.29, 0.717) is 5.56 Å². The smallest absolute Gasteiger partial charge is 0.246 e. The van der Waals surface area contributed by atoms with Gasteiger partial charge in [0.05, 0.1) is 11.6 Å². The maximum absolute atomic E-state index is 13.5. The minimum absolute atomic E-state index is 0.00967. The number of amides is 1. The van der Waals surface area contributed by atoms with Crippen LogP contribution in [-0.4, -0.2) is 41.9 Å². The van der Waals surface area contributed by atoms with Gasteiger partial charge in [0.1, 0.15) is 6.04 Å². The number of nitrogens with one attached hydrogen (secondary N) is 1. The zero-order chi connectivity index (χ0) is 23.2. The van der Waals surface area contributed by atoms with Gasteiger partial charge in [-0.25, -0.2) is 0 Å². The van der Waals surface area contributed by atoms with Crippen LogP contribution in [0.5, 0.6) is 0 Å². The number of carbonyl (C=O) groups excluding carboxylic acids is 1. The van der Waals surface area contributed by atoms with Gasteiger partial charge in [-0.15, -0.1) is 0 Å². The molecule has 4 rings (SSSR count). The molecule has 1 aliphatic heterocycles. The molecule has 0 radical (unpaired) electrons. The molecule has 0 aromatic heterocycles. The Morgan fingerprint density at radius 2 is 1.67 bits per heavy atom. The summed E-state index contributed by atoms with van der Waals surface area (Å²) in [6, 6.07) is 25.8. The van der Waals surface area contributed by atoms with Gasteiger partial charge in [-0.1, -0.05) is 54.6 Å². The van der Waals surface area contributed by atoms with Crippen molar-refractivity contribution in [1.82, 2.24) is 9.80 Å². The SMILES string of the molecule is Cc1ccc(C)c(NC(=O)C(c2ccccc2)N2CCN(Cc3ccc(C#N)cc3)CC2)c1. The first kappa shape index (κ1) is 22.7. The molecule has 1 atom stereocenters. The summed E-state index contributed by atoms with van der Waals surface area (Å²) in [5.41, 5.74) is 5.97. The summed E-state index contributed by atoms with van der Waals surface area (Å²) in [7, 11) is 0. The van der Waals surface area contributed by atoms with Crippen LogP contribution in [0.25, 0.3) is 0 Å². The molecule has 1 N–H and O–H groups in total. The third kappa shape index (κ3) is 5.67. The molecule has 5 heteroatoms. The fourth-order valence-corrected chi connectivity index (χ4v) is 4.36. The average molecular weight is 439 g/mol. The van der Waals surface area contributed by atoms with Crippen LogP contribution in [0.2, 0.25) is 0 Å². The van der Waals surface area contributed by atoms with E-state index in [0.717, 1.165) is 55.1 Å². The molecule has 0 aliphatic carbocycles. The molecular formula is C28H30N4O. The molecule has 1 fully saturated rings. The van der Waals surface area contributed by atoms with E-state index >= 15 is 0 Å². The number of rotatable bonds is 6. The second-order valence-corrected chi connectivity index (χ2v) is 8.74. The van der Waals surface area contributed by atoms with Gasteiger partial charge in [-0.3, -0.25) is 14.6 Å². The van der Waals surface area contributed by atoms with Crippen LogP contribution in [0.4, 0.5) is 5.69 Å². The number of aryl methyl sites for hydroxylation is 2. The van der Waals surface area contributed by atoms with Gasteiger partial charge in [0, 0.05) is 38.4 Å². The van der Waals surface area contributed by atoms with Gasteiger partial charge in [-0.05, 0) is 54.3 Å². The number of anilines is 1. The zero-order valence-corrected chi connectivity index (χ0v) is 19.3. The largest absolute Gasteiger partial charge is 0.324 e. The molecule has 1 amide bonds. The third-order valence-electron chi connectivity index (χ3n) is 6.28. The second kappa shape index (κ2) is 10.4. The minimum Gasteiger partial charge on any atom is -0.324 e. The normalized spacial score (nSPS) is 15.5. The van der Waals surface area contributed by atoms with Gasteiger partial charge in [0.15, 0.2) is 0 Å². The Bertz CT molecular complexity index is 1130. The van der Waals surface area contributed by atoms with Crippen molar-refractivity contribution in [2.75, 3.05) is 31.5 Å². The van der Waals surface area contributed by atoms with E-state index in [-0.39, 0.29) is 11.9 Å². The number of hydrogen-bond donors (Lipinski definition) is 1. The maximum Gasteiger partial charge on any atom is 0.246 e. The number of nitriles is 1. The van der Waals surface area contributed by atoms with Gasteiger partial charge in [0.25, 0.3) is 0 Å². The van der Waals surface area contributed by atoms with Crippen molar-refractivity contribution in [2.45, 2.75) is 26.4 Å². The quantitative estimate of drug-likeness (QED) is 0.607. The highest BCUT2D eigenvalue weighted by atomic mass is 16.2. The Morgan fingerprint density at radius 3 is 2.33 bits per heavy atom. The van der Waals surface area contributed by atoms with Gasteiger partial charge in [0.2, 0.25) is 5.91 Å². The summed E-state index contributed by atoms with van der Waals surface area (Å²) >= 11 is 0. The predicted octanol–water partition coefficient (Wildman–Crippen LogP) is 4.67. The van der Waals surface area contributed by atoms with Crippen molar-refractivity contribution in [2.24, 2.45) is 0 Å². The van der Waals surface area contributed by atoms with E-state index in [1.807, 2.05) is 80.6 Å². The van der Waals surface area contributed by atoms with Crippen LogP contribution in [-0.2, 0) is 11.3 Å². The van der Waals surface area contributed by atoms with Crippen LogP contribution in [0.1, 0.15) is 33.9 Å². The first-order valence-corrected chi connectivity index (χ1v) is 11.4. The molecule has 3 aromatic rings. The Labute approximate surface area is 196 Å². The number of benzene rings is 3. The molecule has 1 aliphatic rings. The van der Waals surface area contributed by atoms with Gasteiger partial charge < -0.3 is 5.32 Å². The van der Waals surface area contributed by atoms with Gasteiger partial charge in [-0.2, -0.15) is 5.26 Å². The highest BCUT2D eigenvalue weighted by Gasteiger charge is 2.30. The standard InChI is InChI=1S/C28H30N4O/c1-21-8-9-22(2)26(18-21)30-28(33)27(25-6-4-3-5-7-25)32-16-14-31(15-17-32)20-24-12-10-23(19-29)11-13-24/h3-13,18,27H,14-17,20H2,1-2H3,(H,30,33). The summed E-state index contributed by atoms with van der Waals surface area (Å²) in [6.07, 6.45) is 0. The molecule has 3 aromatic carbocycles. The lowest BCUT2D eigenvalue weighted by Crippen LogP contribution is -2.49.